The fraction of sp³-hybridized carbons (Fsp3) is 0.500. The lowest BCUT2D eigenvalue weighted by Gasteiger charge is -2.17. The summed E-state index contributed by atoms with van der Waals surface area (Å²) in [5, 5.41) is 3.91. The summed E-state index contributed by atoms with van der Waals surface area (Å²) >= 11 is 6.16. The molecular weight excluding hydrogens is 240 g/mol. The monoisotopic (exact) mass is 258 g/mol. The first kappa shape index (κ1) is 14.1. The minimum Gasteiger partial charge on any atom is -0.380 e. The van der Waals surface area contributed by atoms with Crippen LogP contribution in [0.25, 0.3) is 0 Å². The van der Waals surface area contributed by atoms with Gasteiger partial charge in [0, 0.05) is 34.0 Å². The highest BCUT2D eigenvalue weighted by molar-refractivity contribution is 6.33. The van der Waals surface area contributed by atoms with Gasteiger partial charge in [-0.1, -0.05) is 11.6 Å². The molecule has 1 aromatic carbocycles. The van der Waals surface area contributed by atoms with Crippen LogP contribution in [0, 0.1) is 0 Å². The molecule has 1 aromatic rings. The van der Waals surface area contributed by atoms with E-state index in [1.807, 2.05) is 37.2 Å². The molecule has 96 valence electrons. The quantitative estimate of drug-likeness (QED) is 0.795. The van der Waals surface area contributed by atoms with Crippen molar-refractivity contribution in [3.05, 3.63) is 23.2 Å². The van der Waals surface area contributed by atoms with E-state index >= 15 is 0 Å². The summed E-state index contributed by atoms with van der Waals surface area (Å²) < 4.78 is 10.2. The maximum atomic E-state index is 6.16. The molecule has 0 aliphatic rings. The lowest BCUT2D eigenvalue weighted by atomic mass is 10.2. The number of hydrogen-bond acceptors (Lipinski definition) is 4. The van der Waals surface area contributed by atoms with Crippen molar-refractivity contribution in [2.24, 2.45) is 0 Å². The number of hydrogen-bond donors (Lipinski definition) is 1. The zero-order chi connectivity index (χ0) is 12.8. The van der Waals surface area contributed by atoms with Crippen LogP contribution in [0.3, 0.4) is 0 Å². The molecule has 0 aliphatic heterocycles. The van der Waals surface area contributed by atoms with Gasteiger partial charge in [-0.2, -0.15) is 0 Å². The molecular formula is C12H19ClN2O2. The first-order valence-electron chi connectivity index (χ1n) is 5.34. The van der Waals surface area contributed by atoms with E-state index in [-0.39, 0.29) is 6.29 Å². The lowest BCUT2D eigenvalue weighted by molar-refractivity contribution is -0.0914. The third-order valence-electron chi connectivity index (χ3n) is 2.43. The van der Waals surface area contributed by atoms with E-state index in [2.05, 4.69) is 5.32 Å². The number of ether oxygens (including phenoxy) is 2. The van der Waals surface area contributed by atoms with Gasteiger partial charge in [-0.25, -0.2) is 0 Å². The summed E-state index contributed by atoms with van der Waals surface area (Å²) in [5.74, 6) is 0. The summed E-state index contributed by atoms with van der Waals surface area (Å²) in [6, 6.07) is 5.84. The highest BCUT2D eigenvalue weighted by Crippen LogP contribution is 2.27. The van der Waals surface area contributed by atoms with Gasteiger partial charge >= 0.3 is 0 Å². The predicted molar refractivity (Wildman–Crippen MR) is 72.1 cm³/mol. The molecule has 0 radical (unpaired) electrons. The Balaban J connectivity index is 2.64. The molecule has 1 rings (SSSR count). The van der Waals surface area contributed by atoms with E-state index in [4.69, 9.17) is 21.1 Å². The third-order valence-corrected chi connectivity index (χ3v) is 2.73. The second-order valence-corrected chi connectivity index (χ2v) is 4.25. The van der Waals surface area contributed by atoms with Crippen molar-refractivity contribution in [1.82, 2.24) is 0 Å². The number of nitrogens with zero attached hydrogens (tertiary/aromatic N) is 1. The van der Waals surface area contributed by atoms with Crippen molar-refractivity contribution in [2.75, 3.05) is 45.1 Å². The van der Waals surface area contributed by atoms with Crippen LogP contribution in [0.2, 0.25) is 5.02 Å². The minimum atomic E-state index is -0.262. The topological polar surface area (TPSA) is 33.7 Å². The van der Waals surface area contributed by atoms with Crippen LogP contribution < -0.4 is 10.2 Å². The van der Waals surface area contributed by atoms with Gasteiger partial charge in [0.25, 0.3) is 0 Å². The Hall–Kier alpha value is -0.970. The van der Waals surface area contributed by atoms with Crippen LogP contribution >= 0.6 is 11.6 Å². The summed E-state index contributed by atoms with van der Waals surface area (Å²) in [6.07, 6.45) is -0.262. The van der Waals surface area contributed by atoms with E-state index in [1.165, 1.54) is 0 Å². The smallest absolute Gasteiger partial charge is 0.173 e. The molecule has 0 saturated heterocycles. The summed E-state index contributed by atoms with van der Waals surface area (Å²) in [5.41, 5.74) is 1.94. The fourth-order valence-electron chi connectivity index (χ4n) is 1.44. The zero-order valence-electron chi connectivity index (χ0n) is 10.7. The summed E-state index contributed by atoms with van der Waals surface area (Å²) in [6.45, 7) is 0.574. The van der Waals surface area contributed by atoms with Gasteiger partial charge in [0.05, 0.1) is 17.3 Å². The van der Waals surface area contributed by atoms with Crippen LogP contribution in [0.1, 0.15) is 0 Å². The summed E-state index contributed by atoms with van der Waals surface area (Å²) in [7, 11) is 7.14. The van der Waals surface area contributed by atoms with E-state index in [9.17, 15) is 0 Å². The molecule has 4 nitrogen and oxygen atoms in total. The summed E-state index contributed by atoms with van der Waals surface area (Å²) in [4.78, 5) is 1.97. The van der Waals surface area contributed by atoms with Crippen LogP contribution in [0.5, 0.6) is 0 Å². The van der Waals surface area contributed by atoms with Gasteiger partial charge in [0.1, 0.15) is 0 Å². The van der Waals surface area contributed by atoms with Crippen LogP contribution in [0.4, 0.5) is 11.4 Å². The number of halogens is 1. The van der Waals surface area contributed by atoms with Crippen LogP contribution in [-0.4, -0.2) is 41.1 Å². The average molecular weight is 259 g/mol. The second-order valence-electron chi connectivity index (χ2n) is 3.84. The Morgan fingerprint density at radius 1 is 1.29 bits per heavy atom. The Morgan fingerprint density at radius 3 is 2.41 bits per heavy atom. The van der Waals surface area contributed by atoms with Gasteiger partial charge in [-0.15, -0.1) is 0 Å². The first-order chi connectivity index (χ1) is 8.08. The van der Waals surface area contributed by atoms with Gasteiger partial charge in [0.2, 0.25) is 0 Å². The molecule has 0 aromatic heterocycles. The Kier molecular flexibility index (Phi) is 5.55. The molecule has 0 aliphatic carbocycles. The van der Waals surface area contributed by atoms with E-state index < -0.39 is 0 Å². The van der Waals surface area contributed by atoms with E-state index in [1.54, 1.807) is 14.2 Å². The standard InChI is InChI=1S/C12H19ClN2O2/c1-15(2)11-6-5-9(7-10(11)13)14-8-12(16-3)17-4/h5-7,12,14H,8H2,1-4H3. The predicted octanol–water partition coefficient (Wildman–Crippen LogP) is 2.44. The first-order valence-corrected chi connectivity index (χ1v) is 5.72. The van der Waals surface area contributed by atoms with Crippen LogP contribution in [0.15, 0.2) is 18.2 Å². The zero-order valence-corrected chi connectivity index (χ0v) is 11.4. The molecule has 0 spiro atoms. The van der Waals surface area contributed by atoms with E-state index in [0.717, 1.165) is 11.4 Å². The van der Waals surface area contributed by atoms with Crippen molar-refractivity contribution < 1.29 is 9.47 Å². The molecule has 0 unspecified atom stereocenters. The highest BCUT2D eigenvalue weighted by atomic mass is 35.5. The van der Waals surface area contributed by atoms with Gasteiger partial charge in [-0.3, -0.25) is 0 Å². The molecule has 0 bridgehead atoms. The van der Waals surface area contributed by atoms with Crippen molar-refractivity contribution in [2.45, 2.75) is 6.29 Å². The van der Waals surface area contributed by atoms with Crippen LogP contribution in [-0.2, 0) is 9.47 Å². The molecule has 0 atom stereocenters. The maximum absolute atomic E-state index is 6.16. The number of nitrogens with one attached hydrogen (secondary N) is 1. The third kappa shape index (κ3) is 4.07. The van der Waals surface area contributed by atoms with Crippen molar-refractivity contribution in [3.63, 3.8) is 0 Å². The molecule has 0 heterocycles. The van der Waals surface area contributed by atoms with Gasteiger partial charge in [-0.05, 0) is 18.2 Å². The molecule has 0 amide bonds. The van der Waals surface area contributed by atoms with Crippen molar-refractivity contribution >= 4 is 23.0 Å². The van der Waals surface area contributed by atoms with Crippen molar-refractivity contribution in [3.8, 4) is 0 Å². The number of anilines is 2. The minimum absolute atomic E-state index is 0.262. The SMILES string of the molecule is COC(CNc1ccc(N(C)C)c(Cl)c1)OC. The molecule has 5 heteroatoms. The maximum Gasteiger partial charge on any atom is 0.173 e. The molecule has 17 heavy (non-hydrogen) atoms. The average Bonchev–Trinajstić information content (AvgIpc) is 2.30. The number of methoxy groups -OCH3 is 2. The highest BCUT2D eigenvalue weighted by Gasteiger charge is 2.06. The van der Waals surface area contributed by atoms with E-state index in [0.29, 0.717) is 11.6 Å². The Morgan fingerprint density at radius 2 is 1.94 bits per heavy atom. The molecule has 0 saturated carbocycles. The lowest BCUT2D eigenvalue weighted by Crippen LogP contribution is -2.23. The normalized spacial score (nSPS) is 10.7. The van der Waals surface area contributed by atoms with Crippen molar-refractivity contribution in [1.29, 1.82) is 0 Å². The number of benzene rings is 1. The van der Waals surface area contributed by atoms with Gasteiger partial charge < -0.3 is 19.7 Å². The second kappa shape index (κ2) is 6.69. The Labute approximate surface area is 107 Å². The number of rotatable bonds is 6. The molecule has 0 fully saturated rings. The largest absolute Gasteiger partial charge is 0.380 e. The molecule has 1 N–H and O–H groups in total. The van der Waals surface area contributed by atoms with Gasteiger partial charge in [0.15, 0.2) is 6.29 Å². The Bertz CT molecular complexity index is 354. The fourth-order valence-corrected chi connectivity index (χ4v) is 1.79.